The molecular weight excluding hydrogens is 317 g/mol. The monoisotopic (exact) mass is 339 g/mol. The van der Waals surface area contributed by atoms with Crippen LogP contribution in [0.15, 0.2) is 35.7 Å². The fourth-order valence-corrected chi connectivity index (χ4v) is 3.99. The van der Waals surface area contributed by atoms with Crippen LogP contribution in [0, 0.1) is 5.82 Å². The minimum atomic E-state index is -0.0968. The Labute approximate surface area is 142 Å². The van der Waals surface area contributed by atoms with Crippen molar-refractivity contribution in [1.29, 1.82) is 0 Å². The lowest BCUT2D eigenvalue weighted by molar-refractivity contribution is 0.301. The molecule has 0 amide bonds. The van der Waals surface area contributed by atoms with Gasteiger partial charge >= 0.3 is 0 Å². The fourth-order valence-electron chi connectivity index (χ4n) is 3.30. The predicted octanol–water partition coefficient (Wildman–Crippen LogP) is 4.90. The van der Waals surface area contributed by atoms with Crippen LogP contribution in [0.4, 0.5) is 4.39 Å². The van der Waals surface area contributed by atoms with Crippen LogP contribution < -0.4 is 0 Å². The highest BCUT2D eigenvalue weighted by atomic mass is 35.5. The van der Waals surface area contributed by atoms with E-state index in [1.165, 1.54) is 28.8 Å². The van der Waals surface area contributed by atoms with Crippen LogP contribution in [-0.4, -0.2) is 25.0 Å². The first-order chi connectivity index (χ1) is 10.2. The number of aryl methyl sites for hydroxylation is 1. The van der Waals surface area contributed by atoms with Crippen LogP contribution in [0.2, 0.25) is 0 Å². The second-order valence-electron chi connectivity index (χ2n) is 6.02. The summed E-state index contributed by atoms with van der Waals surface area (Å²) in [5.74, 6) is 0.461. The first-order valence-electron chi connectivity index (χ1n) is 7.71. The van der Waals surface area contributed by atoms with Gasteiger partial charge in [0.25, 0.3) is 0 Å². The molecule has 1 aromatic heterocycles. The molecule has 0 spiro atoms. The third kappa shape index (κ3) is 4.31. The largest absolute Gasteiger partial charge is 0.305 e. The van der Waals surface area contributed by atoms with E-state index in [9.17, 15) is 4.39 Å². The molecule has 1 nitrogen and oxygen atoms in total. The Kier molecular flexibility index (Phi) is 6.42. The Morgan fingerprint density at radius 2 is 2.18 bits per heavy atom. The maximum Gasteiger partial charge on any atom is 0.123 e. The van der Waals surface area contributed by atoms with E-state index in [1.807, 2.05) is 17.4 Å². The molecule has 1 aromatic carbocycles. The molecule has 0 saturated heterocycles. The van der Waals surface area contributed by atoms with Crippen LogP contribution in [0.5, 0.6) is 0 Å². The molecule has 0 N–H and O–H groups in total. The average Bonchev–Trinajstić information content (AvgIpc) is 2.98. The molecule has 0 bridgehead atoms. The SMILES string of the molecule is CN(CCc1cccs1)CC1CCCc2cc(F)ccc21.Cl. The van der Waals surface area contributed by atoms with Gasteiger partial charge in [-0.3, -0.25) is 0 Å². The summed E-state index contributed by atoms with van der Waals surface area (Å²) in [6.07, 6.45) is 4.56. The van der Waals surface area contributed by atoms with Gasteiger partial charge in [-0.1, -0.05) is 12.1 Å². The van der Waals surface area contributed by atoms with E-state index in [0.717, 1.165) is 25.9 Å². The number of halogens is 2. The Hall–Kier alpha value is -0.900. The van der Waals surface area contributed by atoms with Gasteiger partial charge in [0, 0.05) is 18.0 Å². The smallest absolute Gasteiger partial charge is 0.123 e. The first kappa shape index (κ1) is 17.5. The summed E-state index contributed by atoms with van der Waals surface area (Å²) >= 11 is 1.83. The zero-order valence-corrected chi connectivity index (χ0v) is 14.6. The fraction of sp³-hybridized carbons (Fsp3) is 0.444. The molecule has 0 saturated carbocycles. The number of hydrogen-bond donors (Lipinski definition) is 0. The van der Waals surface area contributed by atoms with E-state index in [4.69, 9.17) is 0 Å². The highest BCUT2D eigenvalue weighted by Gasteiger charge is 2.21. The minimum absolute atomic E-state index is 0. The summed E-state index contributed by atoms with van der Waals surface area (Å²) in [5, 5.41) is 2.14. The summed E-state index contributed by atoms with van der Waals surface area (Å²) in [6, 6.07) is 9.67. The normalized spacial score (nSPS) is 17.1. The van der Waals surface area contributed by atoms with Crippen LogP contribution in [0.1, 0.15) is 34.8 Å². The van der Waals surface area contributed by atoms with E-state index in [-0.39, 0.29) is 18.2 Å². The summed E-state index contributed by atoms with van der Waals surface area (Å²) in [4.78, 5) is 3.87. The number of hydrogen-bond acceptors (Lipinski definition) is 2. The molecule has 4 heteroatoms. The van der Waals surface area contributed by atoms with Crippen molar-refractivity contribution < 1.29 is 4.39 Å². The Balaban J connectivity index is 0.00000176. The number of likely N-dealkylation sites (N-methyl/N-ethyl adjacent to an activating group) is 1. The molecule has 0 fully saturated rings. The standard InChI is InChI=1S/C18H22FNS.ClH/c1-20(10-9-17-6-3-11-21-17)13-15-5-2-4-14-12-16(19)7-8-18(14)15;/h3,6-8,11-12,15H,2,4-5,9-10,13H2,1H3;1H. The maximum atomic E-state index is 13.4. The second-order valence-corrected chi connectivity index (χ2v) is 7.06. The molecule has 1 unspecified atom stereocenters. The van der Waals surface area contributed by atoms with Crippen molar-refractivity contribution in [3.63, 3.8) is 0 Å². The Morgan fingerprint density at radius 3 is 2.95 bits per heavy atom. The first-order valence-corrected chi connectivity index (χ1v) is 8.59. The van der Waals surface area contributed by atoms with Gasteiger partial charge in [-0.25, -0.2) is 4.39 Å². The molecular formula is C18H23ClFNS. The number of nitrogens with zero attached hydrogens (tertiary/aromatic N) is 1. The van der Waals surface area contributed by atoms with E-state index in [1.54, 1.807) is 12.1 Å². The Morgan fingerprint density at radius 1 is 1.32 bits per heavy atom. The van der Waals surface area contributed by atoms with E-state index in [0.29, 0.717) is 5.92 Å². The average molecular weight is 340 g/mol. The van der Waals surface area contributed by atoms with Crippen molar-refractivity contribution in [2.24, 2.45) is 0 Å². The summed E-state index contributed by atoms with van der Waals surface area (Å²) < 4.78 is 13.4. The molecule has 1 aliphatic carbocycles. The van der Waals surface area contributed by atoms with Crippen molar-refractivity contribution in [3.8, 4) is 0 Å². The molecule has 1 aliphatic rings. The van der Waals surface area contributed by atoms with Crippen molar-refractivity contribution in [2.45, 2.75) is 31.6 Å². The molecule has 2 aromatic rings. The van der Waals surface area contributed by atoms with E-state index >= 15 is 0 Å². The van der Waals surface area contributed by atoms with Crippen molar-refractivity contribution in [1.82, 2.24) is 4.90 Å². The minimum Gasteiger partial charge on any atom is -0.305 e. The number of benzene rings is 1. The van der Waals surface area contributed by atoms with Crippen molar-refractivity contribution in [3.05, 3.63) is 57.5 Å². The molecule has 0 radical (unpaired) electrons. The number of fused-ring (bicyclic) bond motifs is 1. The highest BCUT2D eigenvalue weighted by Crippen LogP contribution is 2.32. The van der Waals surface area contributed by atoms with Crippen molar-refractivity contribution >= 4 is 23.7 Å². The van der Waals surface area contributed by atoms with Gasteiger partial charge in [-0.15, -0.1) is 23.7 Å². The molecule has 3 rings (SSSR count). The molecule has 120 valence electrons. The molecule has 0 aliphatic heterocycles. The van der Waals surface area contributed by atoms with Crippen LogP contribution in [-0.2, 0) is 12.8 Å². The summed E-state index contributed by atoms with van der Waals surface area (Å²) in [7, 11) is 2.20. The van der Waals surface area contributed by atoms with Gasteiger partial charge in [0.05, 0.1) is 0 Å². The zero-order valence-electron chi connectivity index (χ0n) is 12.9. The number of rotatable bonds is 5. The zero-order chi connectivity index (χ0) is 14.7. The lowest BCUT2D eigenvalue weighted by Crippen LogP contribution is -2.28. The summed E-state index contributed by atoms with van der Waals surface area (Å²) in [5.41, 5.74) is 2.59. The maximum absolute atomic E-state index is 13.4. The Bertz CT molecular complexity index is 585. The van der Waals surface area contributed by atoms with Crippen LogP contribution in [0.3, 0.4) is 0 Å². The third-order valence-corrected chi connectivity index (χ3v) is 5.33. The third-order valence-electron chi connectivity index (χ3n) is 4.40. The van der Waals surface area contributed by atoms with Crippen LogP contribution >= 0.6 is 23.7 Å². The predicted molar refractivity (Wildman–Crippen MR) is 94.8 cm³/mol. The van der Waals surface area contributed by atoms with Gasteiger partial charge in [0.1, 0.15) is 5.82 Å². The molecule has 22 heavy (non-hydrogen) atoms. The second kappa shape index (κ2) is 8.09. The quantitative estimate of drug-likeness (QED) is 0.748. The lowest BCUT2D eigenvalue weighted by Gasteiger charge is -2.29. The van der Waals surface area contributed by atoms with E-state index in [2.05, 4.69) is 29.5 Å². The van der Waals surface area contributed by atoms with Gasteiger partial charge < -0.3 is 4.90 Å². The van der Waals surface area contributed by atoms with Gasteiger partial charge in [0.2, 0.25) is 0 Å². The van der Waals surface area contributed by atoms with Crippen molar-refractivity contribution in [2.75, 3.05) is 20.1 Å². The van der Waals surface area contributed by atoms with Gasteiger partial charge in [-0.05, 0) is 73.4 Å². The van der Waals surface area contributed by atoms with Gasteiger partial charge in [-0.2, -0.15) is 0 Å². The van der Waals surface area contributed by atoms with E-state index < -0.39 is 0 Å². The highest BCUT2D eigenvalue weighted by molar-refractivity contribution is 7.09. The molecule has 1 heterocycles. The van der Waals surface area contributed by atoms with Gasteiger partial charge in [0.15, 0.2) is 0 Å². The van der Waals surface area contributed by atoms with Crippen LogP contribution in [0.25, 0.3) is 0 Å². The lowest BCUT2D eigenvalue weighted by atomic mass is 9.82. The summed E-state index contributed by atoms with van der Waals surface area (Å²) in [6.45, 7) is 2.16. The molecule has 1 atom stereocenters. The topological polar surface area (TPSA) is 3.24 Å². The number of thiophene rings is 1.